The summed E-state index contributed by atoms with van der Waals surface area (Å²) >= 11 is 0. The van der Waals surface area contributed by atoms with Crippen LogP contribution < -0.4 is 21.0 Å². The maximum atomic E-state index is 13.0. The number of quaternary nitrogens is 2. The smallest absolute Gasteiger partial charge is 0.332 e. The lowest BCUT2D eigenvalue weighted by molar-refractivity contribution is -0.942. The number of aryl methyl sites for hydroxylation is 1. The molecule has 2 aliphatic heterocycles. The maximum Gasteiger partial charge on any atom is 0.332 e. The van der Waals surface area contributed by atoms with Crippen molar-refractivity contribution in [2.45, 2.75) is 45.3 Å². The fourth-order valence-electron chi connectivity index (χ4n) is 4.77. The van der Waals surface area contributed by atoms with Crippen molar-refractivity contribution in [3.05, 3.63) is 26.7 Å². The van der Waals surface area contributed by atoms with Crippen molar-refractivity contribution in [2.75, 3.05) is 39.4 Å². The third kappa shape index (κ3) is 3.91. The molecule has 9 nitrogen and oxygen atoms in total. The van der Waals surface area contributed by atoms with Gasteiger partial charge < -0.3 is 19.1 Å². The lowest BCUT2D eigenvalue weighted by Crippen LogP contribution is -3.15. The molecule has 2 aromatic rings. The Morgan fingerprint density at radius 2 is 1.86 bits per heavy atom. The van der Waals surface area contributed by atoms with Crippen molar-refractivity contribution in [1.82, 2.24) is 18.7 Å². The average molecular weight is 407 g/mol. The Balaban J connectivity index is 1.73. The molecule has 160 valence electrons. The van der Waals surface area contributed by atoms with Gasteiger partial charge in [-0.2, -0.15) is 0 Å². The number of nitrogens with one attached hydrogen (secondary N) is 2. The topological polar surface area (TPSA) is 79.9 Å². The van der Waals surface area contributed by atoms with Gasteiger partial charge in [0.05, 0.1) is 38.9 Å². The van der Waals surface area contributed by atoms with Gasteiger partial charge in [-0.05, 0) is 26.2 Å². The molecule has 2 atom stereocenters. The van der Waals surface area contributed by atoms with E-state index in [1.807, 2.05) is 0 Å². The molecular weight excluding hydrogens is 372 g/mol. The maximum absolute atomic E-state index is 13.0. The first-order valence-corrected chi connectivity index (χ1v) is 10.9. The zero-order chi connectivity index (χ0) is 20.5. The van der Waals surface area contributed by atoms with E-state index < -0.39 is 0 Å². The van der Waals surface area contributed by atoms with E-state index in [-0.39, 0.29) is 11.2 Å². The van der Waals surface area contributed by atoms with Crippen LogP contribution in [0.5, 0.6) is 0 Å². The number of hydrogen-bond acceptors (Lipinski definition) is 4. The molecule has 0 bridgehead atoms. The van der Waals surface area contributed by atoms with Gasteiger partial charge in [0.2, 0.25) is 0 Å². The number of morpholine rings is 1. The predicted octanol–water partition coefficient (Wildman–Crippen LogP) is -2.69. The minimum absolute atomic E-state index is 0.250. The van der Waals surface area contributed by atoms with E-state index in [1.54, 1.807) is 14.1 Å². The van der Waals surface area contributed by atoms with Gasteiger partial charge in [-0.1, -0.05) is 0 Å². The first kappa shape index (κ1) is 20.3. The average Bonchev–Trinajstić information content (AvgIpc) is 3.10. The summed E-state index contributed by atoms with van der Waals surface area (Å²) in [6.45, 7) is 9.46. The highest BCUT2D eigenvalue weighted by atomic mass is 16.5. The number of rotatable bonds is 5. The SMILES string of the molecule is C[C@@H]1CCCC[NH+]1Cc1nc2c(c(=O)n(C)c(=O)n2C)n1CC[NH+]1CCOCC1. The predicted molar refractivity (Wildman–Crippen MR) is 109 cm³/mol. The van der Waals surface area contributed by atoms with E-state index in [2.05, 4.69) is 11.5 Å². The van der Waals surface area contributed by atoms with E-state index in [4.69, 9.17) is 9.72 Å². The molecule has 0 radical (unpaired) electrons. The van der Waals surface area contributed by atoms with Crippen LogP contribution in [0.2, 0.25) is 0 Å². The molecule has 2 N–H and O–H groups in total. The van der Waals surface area contributed by atoms with Crippen molar-refractivity contribution in [2.24, 2.45) is 14.1 Å². The van der Waals surface area contributed by atoms with Crippen LogP contribution in [0.3, 0.4) is 0 Å². The highest BCUT2D eigenvalue weighted by Crippen LogP contribution is 2.11. The van der Waals surface area contributed by atoms with Gasteiger partial charge in [-0.15, -0.1) is 0 Å². The zero-order valence-electron chi connectivity index (χ0n) is 17.9. The van der Waals surface area contributed by atoms with Crippen LogP contribution >= 0.6 is 0 Å². The van der Waals surface area contributed by atoms with Gasteiger partial charge in [-0.25, -0.2) is 9.78 Å². The third-order valence-corrected chi connectivity index (χ3v) is 6.78. The van der Waals surface area contributed by atoms with E-state index in [0.29, 0.717) is 17.2 Å². The van der Waals surface area contributed by atoms with E-state index >= 15 is 0 Å². The third-order valence-electron chi connectivity index (χ3n) is 6.78. The Hall–Kier alpha value is -1.97. The van der Waals surface area contributed by atoms with Crippen LogP contribution in [-0.4, -0.2) is 64.1 Å². The fourth-order valence-corrected chi connectivity index (χ4v) is 4.77. The molecule has 29 heavy (non-hydrogen) atoms. The number of imidazole rings is 1. The minimum atomic E-state index is -0.323. The second-order valence-corrected chi connectivity index (χ2v) is 8.65. The molecule has 2 aromatic heterocycles. The molecule has 2 fully saturated rings. The largest absolute Gasteiger partial charge is 0.370 e. The number of piperidine rings is 1. The minimum Gasteiger partial charge on any atom is -0.370 e. The number of ether oxygens (including phenoxy) is 1. The Morgan fingerprint density at radius 1 is 1.10 bits per heavy atom. The highest BCUT2D eigenvalue weighted by molar-refractivity contribution is 5.71. The molecule has 2 saturated heterocycles. The molecule has 0 saturated carbocycles. The molecule has 0 amide bonds. The number of nitrogens with zero attached hydrogens (tertiary/aromatic N) is 4. The lowest BCUT2D eigenvalue weighted by Gasteiger charge is -2.30. The highest BCUT2D eigenvalue weighted by Gasteiger charge is 2.27. The van der Waals surface area contributed by atoms with E-state index in [0.717, 1.165) is 58.3 Å². The van der Waals surface area contributed by atoms with Crippen LogP contribution in [-0.2, 0) is 31.9 Å². The summed E-state index contributed by atoms with van der Waals surface area (Å²) in [5.74, 6) is 0.926. The van der Waals surface area contributed by atoms with Crippen LogP contribution in [0.4, 0.5) is 0 Å². The van der Waals surface area contributed by atoms with Gasteiger partial charge >= 0.3 is 5.69 Å². The summed E-state index contributed by atoms with van der Waals surface area (Å²) in [6.07, 6.45) is 3.75. The summed E-state index contributed by atoms with van der Waals surface area (Å²) < 4.78 is 10.3. The van der Waals surface area contributed by atoms with Gasteiger partial charge in [0.15, 0.2) is 17.0 Å². The summed E-state index contributed by atoms with van der Waals surface area (Å²) in [4.78, 5) is 33.3. The first-order valence-electron chi connectivity index (χ1n) is 10.9. The molecular formula is C20H34N6O3+2. The normalized spacial score (nSPS) is 23.7. The van der Waals surface area contributed by atoms with Crippen molar-refractivity contribution in [3.8, 4) is 0 Å². The Labute approximate surface area is 170 Å². The van der Waals surface area contributed by atoms with Gasteiger partial charge in [-0.3, -0.25) is 13.9 Å². The second-order valence-electron chi connectivity index (χ2n) is 8.65. The molecule has 4 heterocycles. The monoisotopic (exact) mass is 406 g/mol. The van der Waals surface area contributed by atoms with Crippen molar-refractivity contribution in [1.29, 1.82) is 0 Å². The fraction of sp³-hybridized carbons (Fsp3) is 0.750. The first-order chi connectivity index (χ1) is 14.0. The number of likely N-dealkylation sites (tertiary alicyclic amines) is 1. The van der Waals surface area contributed by atoms with Crippen LogP contribution in [0.1, 0.15) is 32.0 Å². The zero-order valence-corrected chi connectivity index (χ0v) is 17.9. The number of aromatic nitrogens is 4. The molecule has 1 unspecified atom stereocenters. The Morgan fingerprint density at radius 3 is 2.59 bits per heavy atom. The lowest BCUT2D eigenvalue weighted by atomic mass is 10.0. The van der Waals surface area contributed by atoms with Gasteiger partial charge in [0.25, 0.3) is 5.56 Å². The number of hydrogen-bond donors (Lipinski definition) is 2. The molecule has 0 spiro atoms. The molecule has 4 rings (SSSR count). The van der Waals surface area contributed by atoms with Crippen molar-refractivity contribution >= 4 is 11.2 Å². The van der Waals surface area contributed by atoms with Gasteiger partial charge in [0.1, 0.15) is 19.6 Å². The summed E-state index contributed by atoms with van der Waals surface area (Å²) in [7, 11) is 3.25. The molecule has 0 aromatic carbocycles. The van der Waals surface area contributed by atoms with Crippen molar-refractivity contribution < 1.29 is 14.5 Å². The van der Waals surface area contributed by atoms with Gasteiger partial charge in [0, 0.05) is 14.1 Å². The summed E-state index contributed by atoms with van der Waals surface area (Å²) in [5.41, 5.74) is 0.493. The van der Waals surface area contributed by atoms with Crippen molar-refractivity contribution in [3.63, 3.8) is 0 Å². The van der Waals surface area contributed by atoms with E-state index in [1.165, 1.54) is 38.2 Å². The second kappa shape index (κ2) is 8.41. The number of fused-ring (bicyclic) bond motifs is 1. The molecule has 9 heteroatoms. The van der Waals surface area contributed by atoms with Crippen LogP contribution in [0.15, 0.2) is 9.59 Å². The summed E-state index contributed by atoms with van der Waals surface area (Å²) in [5, 5.41) is 0. The standard InChI is InChI=1S/C20H32N6O3/c1-15-6-4-5-7-25(15)14-16-21-18-17(19(27)23(3)20(28)22(18)2)26(16)9-8-24-10-12-29-13-11-24/h15H,4-14H2,1-3H3/p+2/t15-/m1/s1. The van der Waals surface area contributed by atoms with Crippen LogP contribution in [0, 0.1) is 0 Å². The quantitative estimate of drug-likeness (QED) is 0.567. The Bertz CT molecular complexity index is 985. The molecule has 2 aliphatic rings. The van der Waals surface area contributed by atoms with E-state index in [9.17, 15) is 9.59 Å². The Kier molecular flexibility index (Phi) is 5.89. The summed E-state index contributed by atoms with van der Waals surface area (Å²) in [6, 6.07) is 0.591. The van der Waals surface area contributed by atoms with Crippen LogP contribution in [0.25, 0.3) is 11.2 Å². The molecule has 0 aliphatic carbocycles.